The van der Waals surface area contributed by atoms with E-state index in [1.165, 1.54) is 11.1 Å². The molecule has 1 spiro atoms. The summed E-state index contributed by atoms with van der Waals surface area (Å²) in [7, 11) is 0. The maximum absolute atomic E-state index is 4.47. The number of rotatable bonds is 1. The molecule has 0 aromatic heterocycles. The second kappa shape index (κ2) is 5.92. The van der Waals surface area contributed by atoms with Gasteiger partial charge in [0, 0.05) is 5.56 Å². The second-order valence-corrected chi connectivity index (χ2v) is 7.08. The molecule has 2 aliphatic rings. The summed E-state index contributed by atoms with van der Waals surface area (Å²) >= 11 is 0. The van der Waals surface area contributed by atoms with Gasteiger partial charge in [-0.15, -0.1) is 0 Å². The molecule has 2 N–H and O–H groups in total. The van der Waals surface area contributed by atoms with Gasteiger partial charge in [-0.2, -0.15) is 5.10 Å². The highest BCUT2D eigenvalue weighted by molar-refractivity contribution is 5.90. The molecule has 2 aromatic carbocycles. The Morgan fingerprint density at radius 2 is 1.76 bits per heavy atom. The Labute approximate surface area is 149 Å². The number of hydrogen-bond donors (Lipinski definition) is 2. The Morgan fingerprint density at radius 1 is 1.04 bits per heavy atom. The van der Waals surface area contributed by atoms with Gasteiger partial charge in [0.15, 0.2) is 0 Å². The predicted molar refractivity (Wildman–Crippen MR) is 104 cm³/mol. The van der Waals surface area contributed by atoms with Gasteiger partial charge in [0.05, 0.1) is 11.8 Å². The first-order chi connectivity index (χ1) is 12.1. The molecule has 0 amide bonds. The summed E-state index contributed by atoms with van der Waals surface area (Å²) in [6.45, 7) is 10.7. The molecule has 0 bridgehead atoms. The Hall–Kier alpha value is -2.81. The zero-order chi connectivity index (χ0) is 17.4. The monoisotopic (exact) mass is 329 g/mol. The fourth-order valence-electron chi connectivity index (χ4n) is 4.11. The second-order valence-electron chi connectivity index (χ2n) is 7.08. The van der Waals surface area contributed by atoms with E-state index in [1.807, 2.05) is 12.3 Å². The molecule has 1 heterocycles. The van der Waals surface area contributed by atoms with Crippen LogP contribution in [0.5, 0.6) is 0 Å². The van der Waals surface area contributed by atoms with Crippen molar-refractivity contribution in [2.24, 2.45) is 5.10 Å². The fourth-order valence-corrected chi connectivity index (χ4v) is 4.11. The summed E-state index contributed by atoms with van der Waals surface area (Å²) in [5.41, 5.74) is 8.96. The van der Waals surface area contributed by atoms with Crippen LogP contribution in [0.25, 0.3) is 5.57 Å². The van der Waals surface area contributed by atoms with Gasteiger partial charge in [-0.3, -0.25) is 5.43 Å². The predicted octanol–water partition coefficient (Wildman–Crippen LogP) is 4.32. The van der Waals surface area contributed by atoms with E-state index in [-0.39, 0.29) is 5.54 Å². The highest BCUT2D eigenvalue weighted by atomic mass is 15.4. The van der Waals surface area contributed by atoms with Crippen LogP contribution in [0.4, 0.5) is 0 Å². The molecular weight excluding hydrogens is 306 g/mol. The van der Waals surface area contributed by atoms with Crippen molar-refractivity contribution in [1.82, 2.24) is 10.7 Å². The molecule has 4 rings (SSSR count). The van der Waals surface area contributed by atoms with E-state index in [2.05, 4.69) is 78.4 Å². The van der Waals surface area contributed by atoms with Crippen LogP contribution in [-0.4, -0.2) is 11.8 Å². The first-order valence-corrected chi connectivity index (χ1v) is 8.69. The van der Waals surface area contributed by atoms with E-state index >= 15 is 0 Å². The molecule has 0 saturated heterocycles. The lowest BCUT2D eigenvalue weighted by Crippen LogP contribution is -2.55. The van der Waals surface area contributed by atoms with Crippen LogP contribution in [0.1, 0.15) is 41.0 Å². The van der Waals surface area contributed by atoms with E-state index in [0.717, 1.165) is 29.5 Å². The smallest absolute Gasteiger partial charge is 0.113 e. The van der Waals surface area contributed by atoms with Gasteiger partial charge in [-0.05, 0) is 47.9 Å². The zero-order valence-corrected chi connectivity index (χ0v) is 14.5. The first kappa shape index (κ1) is 15.7. The summed E-state index contributed by atoms with van der Waals surface area (Å²) in [5, 5.41) is 7.85. The molecule has 1 saturated carbocycles. The number of nitrogens with zero attached hydrogens (tertiary/aromatic N) is 1. The van der Waals surface area contributed by atoms with Gasteiger partial charge in [0.2, 0.25) is 0 Å². The number of aryl methyl sites for hydroxylation is 1. The molecule has 1 fully saturated rings. The summed E-state index contributed by atoms with van der Waals surface area (Å²) in [5.74, 6) is 1.25. The third-order valence-electron chi connectivity index (χ3n) is 5.47. The summed E-state index contributed by atoms with van der Waals surface area (Å²) in [6.07, 6.45) is 3.85. The molecule has 1 aliphatic carbocycles. The van der Waals surface area contributed by atoms with Crippen molar-refractivity contribution >= 4 is 11.8 Å². The largest absolute Gasteiger partial charge is 0.361 e. The molecule has 25 heavy (non-hydrogen) atoms. The van der Waals surface area contributed by atoms with Gasteiger partial charge in [-0.25, -0.2) is 0 Å². The van der Waals surface area contributed by atoms with Crippen molar-refractivity contribution in [3.05, 3.63) is 89.8 Å². The van der Waals surface area contributed by atoms with Gasteiger partial charge in [0.1, 0.15) is 5.82 Å². The number of hydrazone groups is 1. The maximum atomic E-state index is 4.47. The number of nitrogens with one attached hydrogen (secondary N) is 2. The number of hydrogen-bond acceptors (Lipinski definition) is 3. The van der Waals surface area contributed by atoms with Gasteiger partial charge in [0.25, 0.3) is 0 Å². The summed E-state index contributed by atoms with van der Waals surface area (Å²) in [6, 6.07) is 17.0. The molecule has 3 nitrogen and oxygen atoms in total. The lowest BCUT2D eigenvalue weighted by Gasteiger charge is -2.51. The van der Waals surface area contributed by atoms with Crippen molar-refractivity contribution < 1.29 is 0 Å². The van der Waals surface area contributed by atoms with Crippen molar-refractivity contribution in [2.75, 3.05) is 0 Å². The van der Waals surface area contributed by atoms with Crippen LogP contribution in [0, 0.1) is 6.92 Å². The number of fused-ring (bicyclic) bond motifs is 1. The average Bonchev–Trinajstić information content (AvgIpc) is 2.63. The van der Waals surface area contributed by atoms with Crippen LogP contribution in [0.15, 0.2) is 72.6 Å². The normalized spacial score (nSPS) is 26.4. The van der Waals surface area contributed by atoms with E-state index in [9.17, 15) is 0 Å². The highest BCUT2D eigenvalue weighted by Gasteiger charge is 2.48. The lowest BCUT2D eigenvalue weighted by atomic mass is 9.60. The van der Waals surface area contributed by atoms with Crippen LogP contribution < -0.4 is 10.7 Å². The molecule has 1 aliphatic heterocycles. The van der Waals surface area contributed by atoms with Crippen LogP contribution >= 0.6 is 0 Å². The topological polar surface area (TPSA) is 36.4 Å². The van der Waals surface area contributed by atoms with Crippen LogP contribution in [-0.2, 0) is 0 Å². The minimum atomic E-state index is -0.180. The Morgan fingerprint density at radius 3 is 2.56 bits per heavy atom. The lowest BCUT2D eigenvalue weighted by molar-refractivity contribution is 0.230. The third kappa shape index (κ3) is 2.66. The van der Waals surface area contributed by atoms with E-state index in [0.29, 0.717) is 11.7 Å². The standard InChI is InChI=1S/C22H23N3/c1-15-8-4-6-10-20(15)19-12-22(13-19)16(2)21-11-7-5-9-18(21)14-23-25-17(3)24-22/h4-11,14,19,24-25H,2-3,12-13H2,1H3/b23-14-. The maximum Gasteiger partial charge on any atom is 0.113 e. The van der Waals surface area contributed by atoms with Crippen molar-refractivity contribution in [3.8, 4) is 0 Å². The fraction of sp³-hybridized carbons (Fsp3) is 0.227. The molecular formula is C22H23N3. The Kier molecular flexibility index (Phi) is 3.72. The molecule has 0 unspecified atom stereocenters. The Balaban J connectivity index is 1.69. The van der Waals surface area contributed by atoms with Crippen molar-refractivity contribution in [1.29, 1.82) is 0 Å². The molecule has 2 aromatic rings. The minimum absolute atomic E-state index is 0.180. The minimum Gasteiger partial charge on any atom is -0.361 e. The van der Waals surface area contributed by atoms with Crippen LogP contribution in [0.3, 0.4) is 0 Å². The SMILES string of the molecule is C=C1N/N=C\c2ccccc2C(=C)C2(CC(c3ccccc3C)C2)N1. The molecule has 126 valence electrons. The zero-order valence-electron chi connectivity index (χ0n) is 14.5. The van der Waals surface area contributed by atoms with E-state index < -0.39 is 0 Å². The summed E-state index contributed by atoms with van der Waals surface area (Å²) < 4.78 is 0. The average molecular weight is 329 g/mol. The van der Waals surface area contributed by atoms with Gasteiger partial charge in [-0.1, -0.05) is 61.7 Å². The quantitative estimate of drug-likeness (QED) is 0.817. The van der Waals surface area contributed by atoms with Crippen LogP contribution in [0.2, 0.25) is 0 Å². The molecule has 0 atom stereocenters. The van der Waals surface area contributed by atoms with E-state index in [4.69, 9.17) is 0 Å². The van der Waals surface area contributed by atoms with Gasteiger partial charge >= 0.3 is 0 Å². The highest BCUT2D eigenvalue weighted by Crippen LogP contribution is 2.52. The van der Waals surface area contributed by atoms with Gasteiger partial charge < -0.3 is 5.32 Å². The summed E-state index contributed by atoms with van der Waals surface area (Å²) in [4.78, 5) is 0. The Bertz CT molecular complexity index is 872. The molecule has 3 heteroatoms. The van der Waals surface area contributed by atoms with Crippen molar-refractivity contribution in [2.45, 2.75) is 31.2 Å². The molecule has 0 radical (unpaired) electrons. The van der Waals surface area contributed by atoms with E-state index in [1.54, 1.807) is 0 Å². The third-order valence-corrected chi connectivity index (χ3v) is 5.47. The van der Waals surface area contributed by atoms with Crippen molar-refractivity contribution in [3.63, 3.8) is 0 Å². The first-order valence-electron chi connectivity index (χ1n) is 8.69. The number of benzene rings is 2.